The molecule has 0 saturated heterocycles. The van der Waals surface area contributed by atoms with Crippen LogP contribution in [0.15, 0.2) is 53.0 Å². The van der Waals surface area contributed by atoms with E-state index in [2.05, 4.69) is 34.2 Å². The smallest absolute Gasteiger partial charge is 0.181 e. The van der Waals surface area contributed by atoms with Crippen LogP contribution >= 0.6 is 0 Å². The molecule has 1 aromatic carbocycles. The van der Waals surface area contributed by atoms with Gasteiger partial charge in [0, 0.05) is 29.4 Å². The van der Waals surface area contributed by atoms with Crippen molar-refractivity contribution in [3.63, 3.8) is 0 Å². The van der Waals surface area contributed by atoms with Gasteiger partial charge in [0.15, 0.2) is 5.66 Å². The molecule has 25 heavy (non-hydrogen) atoms. The maximum atomic E-state index is 6.15. The Balaban J connectivity index is 1.81. The van der Waals surface area contributed by atoms with Crippen LogP contribution in [0.2, 0.25) is 0 Å². The molecular weight excluding hydrogens is 310 g/mol. The summed E-state index contributed by atoms with van der Waals surface area (Å²) >= 11 is 0. The Labute approximate surface area is 148 Å². The van der Waals surface area contributed by atoms with Crippen molar-refractivity contribution in [2.45, 2.75) is 44.7 Å². The van der Waals surface area contributed by atoms with Gasteiger partial charge in [-0.2, -0.15) is 0 Å². The summed E-state index contributed by atoms with van der Waals surface area (Å²) in [6.45, 7) is 1.96. The number of nitrogens with two attached hydrogens (primary N) is 1. The third-order valence-electron chi connectivity index (χ3n) is 5.36. The molecule has 0 unspecified atom stereocenters. The molecule has 0 bridgehead atoms. The molecule has 128 valence electrons. The van der Waals surface area contributed by atoms with Gasteiger partial charge in [-0.1, -0.05) is 37.5 Å². The highest BCUT2D eigenvalue weighted by Gasteiger charge is 2.44. The molecule has 2 aliphatic rings. The van der Waals surface area contributed by atoms with E-state index in [1.54, 1.807) is 6.33 Å². The van der Waals surface area contributed by atoms with Gasteiger partial charge in [-0.3, -0.25) is 4.99 Å². The molecule has 0 spiro atoms. The van der Waals surface area contributed by atoms with Crippen molar-refractivity contribution >= 4 is 11.5 Å². The van der Waals surface area contributed by atoms with E-state index in [0.717, 1.165) is 35.2 Å². The van der Waals surface area contributed by atoms with Crippen molar-refractivity contribution in [1.82, 2.24) is 9.97 Å². The summed E-state index contributed by atoms with van der Waals surface area (Å²) in [6, 6.07) is 8.44. The summed E-state index contributed by atoms with van der Waals surface area (Å²) in [6.07, 6.45) is 11.3. The summed E-state index contributed by atoms with van der Waals surface area (Å²) in [5.74, 6) is 0.971. The summed E-state index contributed by atoms with van der Waals surface area (Å²) in [5.41, 5.74) is 9.62. The molecule has 1 aliphatic carbocycles. The second kappa shape index (κ2) is 6.39. The second-order valence-corrected chi connectivity index (χ2v) is 6.96. The highest BCUT2D eigenvalue weighted by Crippen LogP contribution is 2.46. The molecule has 1 fully saturated rings. The van der Waals surface area contributed by atoms with Gasteiger partial charge in [-0.15, -0.1) is 0 Å². The molecule has 5 nitrogen and oxygen atoms in total. The van der Waals surface area contributed by atoms with Crippen LogP contribution in [0, 0.1) is 5.92 Å². The fourth-order valence-corrected chi connectivity index (χ4v) is 4.03. The first-order valence-electron chi connectivity index (χ1n) is 8.97. The maximum Gasteiger partial charge on any atom is 0.181 e. The number of nitrogens with zero attached hydrogens (tertiary/aromatic N) is 4. The minimum Gasteiger partial charge on any atom is -0.382 e. The van der Waals surface area contributed by atoms with Gasteiger partial charge in [0.05, 0.1) is 5.71 Å². The summed E-state index contributed by atoms with van der Waals surface area (Å²) < 4.78 is 0. The van der Waals surface area contributed by atoms with Crippen LogP contribution in [0.1, 0.15) is 44.6 Å². The number of benzene rings is 1. The van der Waals surface area contributed by atoms with E-state index in [-0.39, 0.29) is 0 Å². The third kappa shape index (κ3) is 2.84. The lowest BCUT2D eigenvalue weighted by atomic mass is 9.76. The first-order valence-corrected chi connectivity index (χ1v) is 8.97. The standard InChI is InChI=1S/C20H23N5/c1-14-19(21)25-20(24-14,17-7-3-2-4-8-17)18-9-5-6-15(10-18)16-11-22-13-23-12-16/h5-6,9-13,17H,2-4,7-8H2,1H3,(H2,21,25)/t20-/m1/s1. The molecule has 2 heterocycles. The zero-order valence-electron chi connectivity index (χ0n) is 14.5. The van der Waals surface area contributed by atoms with Crippen LogP contribution in [0.25, 0.3) is 11.1 Å². The van der Waals surface area contributed by atoms with E-state index in [0.29, 0.717) is 11.8 Å². The average molecular weight is 333 g/mol. The molecule has 1 aromatic heterocycles. The Morgan fingerprint density at radius 3 is 2.44 bits per heavy atom. The zero-order chi connectivity index (χ0) is 17.3. The van der Waals surface area contributed by atoms with Crippen molar-refractivity contribution in [1.29, 1.82) is 0 Å². The maximum absolute atomic E-state index is 6.15. The van der Waals surface area contributed by atoms with E-state index >= 15 is 0 Å². The molecule has 2 N–H and O–H groups in total. The van der Waals surface area contributed by atoms with Crippen molar-refractivity contribution in [2.75, 3.05) is 0 Å². The normalized spacial score (nSPS) is 24.0. The number of hydrogen-bond donors (Lipinski definition) is 1. The lowest BCUT2D eigenvalue weighted by molar-refractivity contribution is 0.220. The minimum atomic E-state index is -0.569. The molecule has 1 saturated carbocycles. The number of rotatable bonds is 3. The fraction of sp³-hybridized carbons (Fsp3) is 0.400. The van der Waals surface area contributed by atoms with Crippen molar-refractivity contribution in [2.24, 2.45) is 21.6 Å². The molecular formula is C20H23N5. The Morgan fingerprint density at radius 1 is 1.00 bits per heavy atom. The molecule has 0 radical (unpaired) electrons. The number of aliphatic imine (C=N–C) groups is 2. The highest BCUT2D eigenvalue weighted by atomic mass is 15.2. The summed E-state index contributed by atoms with van der Waals surface area (Å²) in [5, 5.41) is 0. The van der Waals surface area contributed by atoms with E-state index in [1.165, 1.54) is 19.3 Å². The van der Waals surface area contributed by atoms with Crippen LogP contribution in [-0.2, 0) is 5.66 Å². The summed E-state index contributed by atoms with van der Waals surface area (Å²) in [4.78, 5) is 18.1. The highest BCUT2D eigenvalue weighted by molar-refractivity contribution is 6.41. The first kappa shape index (κ1) is 15.9. The van der Waals surface area contributed by atoms with E-state index in [4.69, 9.17) is 15.7 Å². The van der Waals surface area contributed by atoms with Crippen molar-refractivity contribution in [3.05, 3.63) is 48.5 Å². The first-order chi connectivity index (χ1) is 12.2. The molecule has 1 aliphatic heterocycles. The van der Waals surface area contributed by atoms with Gasteiger partial charge in [0.2, 0.25) is 0 Å². The molecule has 1 atom stereocenters. The van der Waals surface area contributed by atoms with Gasteiger partial charge in [-0.25, -0.2) is 15.0 Å². The van der Waals surface area contributed by atoms with Gasteiger partial charge < -0.3 is 5.73 Å². The van der Waals surface area contributed by atoms with Gasteiger partial charge in [-0.05, 0) is 31.4 Å². The average Bonchev–Trinajstić information content (AvgIpc) is 2.99. The van der Waals surface area contributed by atoms with Crippen LogP contribution < -0.4 is 5.73 Å². The van der Waals surface area contributed by atoms with Crippen LogP contribution in [0.4, 0.5) is 0 Å². The van der Waals surface area contributed by atoms with Gasteiger partial charge in [0.1, 0.15) is 12.2 Å². The van der Waals surface area contributed by atoms with E-state index in [9.17, 15) is 0 Å². The monoisotopic (exact) mass is 333 g/mol. The Bertz CT molecular complexity index is 801. The van der Waals surface area contributed by atoms with Crippen molar-refractivity contribution in [3.8, 4) is 11.1 Å². The predicted octanol–water partition coefficient (Wildman–Crippen LogP) is 3.71. The molecule has 0 amide bonds. The predicted molar refractivity (Wildman–Crippen MR) is 100 cm³/mol. The molecule has 2 aromatic rings. The lowest BCUT2D eigenvalue weighted by Crippen LogP contribution is -2.32. The Morgan fingerprint density at radius 2 is 1.76 bits per heavy atom. The molecule has 4 rings (SSSR count). The quantitative estimate of drug-likeness (QED) is 0.930. The van der Waals surface area contributed by atoms with Crippen molar-refractivity contribution < 1.29 is 0 Å². The Kier molecular flexibility index (Phi) is 4.07. The van der Waals surface area contributed by atoms with Crippen LogP contribution in [0.3, 0.4) is 0 Å². The third-order valence-corrected chi connectivity index (χ3v) is 5.36. The van der Waals surface area contributed by atoms with E-state index < -0.39 is 5.66 Å². The zero-order valence-corrected chi connectivity index (χ0v) is 14.5. The molecule has 5 heteroatoms. The minimum absolute atomic E-state index is 0.402. The van der Waals surface area contributed by atoms with Gasteiger partial charge in [0.25, 0.3) is 0 Å². The van der Waals surface area contributed by atoms with Crippen LogP contribution in [0.5, 0.6) is 0 Å². The largest absolute Gasteiger partial charge is 0.382 e. The second-order valence-electron chi connectivity index (χ2n) is 6.96. The lowest BCUT2D eigenvalue weighted by Gasteiger charge is -2.35. The van der Waals surface area contributed by atoms with Gasteiger partial charge >= 0.3 is 0 Å². The number of amidine groups is 1. The van der Waals surface area contributed by atoms with Crippen LogP contribution in [-0.4, -0.2) is 21.5 Å². The fourth-order valence-electron chi connectivity index (χ4n) is 4.03. The summed E-state index contributed by atoms with van der Waals surface area (Å²) in [7, 11) is 0. The number of hydrogen-bond acceptors (Lipinski definition) is 5. The number of aromatic nitrogens is 2. The topological polar surface area (TPSA) is 76.5 Å². The Hall–Kier alpha value is -2.56. The van der Waals surface area contributed by atoms with E-state index in [1.807, 2.05) is 19.3 Å². The SMILES string of the molecule is CC1=N[C@](c2cccc(-c3cncnc3)c2)(C2CCCCC2)N=C1N.